The lowest BCUT2D eigenvalue weighted by atomic mass is 10.1. The zero-order valence-corrected chi connectivity index (χ0v) is 16.7. The predicted molar refractivity (Wildman–Crippen MR) is 115 cm³/mol. The number of carbonyl (C=O) groups is 3. The van der Waals surface area contributed by atoms with E-state index in [9.17, 15) is 14.4 Å². The first-order valence-electron chi connectivity index (χ1n) is 8.61. The molecule has 2 N–H and O–H groups in total. The van der Waals surface area contributed by atoms with Crippen molar-refractivity contribution in [1.82, 2.24) is 15.2 Å². The van der Waals surface area contributed by atoms with Gasteiger partial charge in [0.25, 0.3) is 17.7 Å². The Hall–Kier alpha value is -3.80. The summed E-state index contributed by atoms with van der Waals surface area (Å²) in [5.41, 5.74) is 1.68. The number of rotatable bonds is 2. The number of thiocarbonyl (C=S) groups is 1. The van der Waals surface area contributed by atoms with Crippen molar-refractivity contribution in [1.29, 1.82) is 5.26 Å². The van der Waals surface area contributed by atoms with Crippen LogP contribution in [0.1, 0.15) is 21.5 Å². The van der Waals surface area contributed by atoms with E-state index < -0.39 is 11.8 Å². The molecule has 1 aliphatic rings. The second-order valence-corrected chi connectivity index (χ2v) is 7.25. The Balaban J connectivity index is 1.85. The van der Waals surface area contributed by atoms with Crippen molar-refractivity contribution in [3.8, 4) is 6.07 Å². The molecule has 3 aromatic rings. The van der Waals surface area contributed by atoms with Crippen LogP contribution < -0.4 is 10.6 Å². The Bertz CT molecular complexity index is 1310. The highest BCUT2D eigenvalue weighted by Crippen LogP contribution is 2.28. The average molecular weight is 435 g/mol. The van der Waals surface area contributed by atoms with Gasteiger partial charge < -0.3 is 0 Å². The van der Waals surface area contributed by atoms with E-state index in [0.717, 1.165) is 0 Å². The van der Waals surface area contributed by atoms with E-state index in [-0.39, 0.29) is 16.6 Å². The average Bonchev–Trinajstić information content (AvgIpc) is 3.07. The fourth-order valence-corrected chi connectivity index (χ4v) is 3.46. The lowest BCUT2D eigenvalue weighted by Gasteiger charge is -2.16. The third kappa shape index (κ3) is 3.48. The van der Waals surface area contributed by atoms with Gasteiger partial charge in [-0.05, 0) is 60.8 Å². The van der Waals surface area contributed by atoms with Crippen LogP contribution in [0.4, 0.5) is 0 Å². The standard InChI is InChI=1S/C21H11ClN4O3S/c22-14-5-6-17-15(8-14)13(7-16-18(27)24-21(30)25-19(16)28)10-26(17)20(29)12-3-1-11(9-23)2-4-12/h1-8,10H,(H2,24,25,27,28,30). The van der Waals surface area contributed by atoms with Crippen molar-refractivity contribution in [2.24, 2.45) is 0 Å². The van der Waals surface area contributed by atoms with Crippen LogP contribution in [0, 0.1) is 11.3 Å². The van der Waals surface area contributed by atoms with Crippen LogP contribution in [0.15, 0.2) is 54.2 Å². The highest BCUT2D eigenvalue weighted by Gasteiger charge is 2.26. The number of aromatic nitrogens is 1. The van der Waals surface area contributed by atoms with Gasteiger partial charge in [-0.15, -0.1) is 0 Å². The highest BCUT2D eigenvalue weighted by atomic mass is 35.5. The first-order chi connectivity index (χ1) is 14.4. The lowest BCUT2D eigenvalue weighted by Crippen LogP contribution is -2.51. The highest BCUT2D eigenvalue weighted by molar-refractivity contribution is 7.80. The van der Waals surface area contributed by atoms with Gasteiger partial charge in [0.05, 0.1) is 17.1 Å². The van der Waals surface area contributed by atoms with Crippen LogP contribution in [0.5, 0.6) is 0 Å². The zero-order chi connectivity index (χ0) is 21.4. The van der Waals surface area contributed by atoms with E-state index >= 15 is 0 Å². The van der Waals surface area contributed by atoms with Gasteiger partial charge >= 0.3 is 0 Å². The molecule has 7 nitrogen and oxygen atoms in total. The molecule has 146 valence electrons. The zero-order valence-electron chi connectivity index (χ0n) is 15.1. The second-order valence-electron chi connectivity index (χ2n) is 6.41. The molecule has 2 amide bonds. The molecule has 2 aromatic carbocycles. The Morgan fingerprint density at radius 1 is 1.10 bits per heavy atom. The van der Waals surface area contributed by atoms with Crippen LogP contribution >= 0.6 is 23.8 Å². The molecule has 0 bridgehead atoms. The summed E-state index contributed by atoms with van der Waals surface area (Å²) in [5, 5.41) is 14.6. The number of hydrogen-bond donors (Lipinski definition) is 2. The minimum absolute atomic E-state index is 0.0661. The van der Waals surface area contributed by atoms with Crippen LogP contribution in [-0.2, 0) is 9.59 Å². The van der Waals surface area contributed by atoms with Gasteiger partial charge in [-0.25, -0.2) is 0 Å². The molecule has 1 aromatic heterocycles. The molecule has 0 spiro atoms. The Labute approximate surface area is 180 Å². The largest absolute Gasteiger partial charge is 0.299 e. The fourth-order valence-electron chi connectivity index (χ4n) is 3.10. The van der Waals surface area contributed by atoms with Gasteiger partial charge in [0.2, 0.25) is 0 Å². The van der Waals surface area contributed by atoms with Gasteiger partial charge in [0, 0.05) is 27.7 Å². The van der Waals surface area contributed by atoms with Crippen molar-refractivity contribution >= 4 is 63.6 Å². The Kier molecular flexibility index (Phi) is 4.91. The van der Waals surface area contributed by atoms with Crippen LogP contribution in [-0.4, -0.2) is 27.4 Å². The summed E-state index contributed by atoms with van der Waals surface area (Å²) < 4.78 is 1.41. The first kappa shape index (κ1) is 19.5. The van der Waals surface area contributed by atoms with Gasteiger partial charge in [0.1, 0.15) is 5.57 Å². The Morgan fingerprint density at radius 3 is 2.40 bits per heavy atom. The van der Waals surface area contributed by atoms with Crippen LogP contribution in [0.2, 0.25) is 5.02 Å². The minimum Gasteiger partial charge on any atom is -0.299 e. The Morgan fingerprint density at radius 2 is 1.77 bits per heavy atom. The van der Waals surface area contributed by atoms with Gasteiger partial charge in [-0.2, -0.15) is 5.26 Å². The van der Waals surface area contributed by atoms with E-state index in [4.69, 9.17) is 29.1 Å². The molecule has 2 heterocycles. The van der Waals surface area contributed by atoms with Crippen molar-refractivity contribution in [2.45, 2.75) is 0 Å². The molecule has 1 fully saturated rings. The van der Waals surface area contributed by atoms with Crippen molar-refractivity contribution in [3.05, 3.63) is 75.9 Å². The second kappa shape index (κ2) is 7.55. The summed E-state index contributed by atoms with van der Waals surface area (Å²) in [6, 6.07) is 13.2. The smallest absolute Gasteiger partial charge is 0.263 e. The van der Waals surface area contributed by atoms with Crippen LogP contribution in [0.3, 0.4) is 0 Å². The van der Waals surface area contributed by atoms with Gasteiger partial charge in [-0.1, -0.05) is 11.6 Å². The molecule has 0 aliphatic carbocycles. The summed E-state index contributed by atoms with van der Waals surface area (Å²) in [4.78, 5) is 37.5. The molecule has 30 heavy (non-hydrogen) atoms. The molecule has 0 unspecified atom stereocenters. The van der Waals surface area contributed by atoms with E-state index in [0.29, 0.717) is 32.6 Å². The summed E-state index contributed by atoms with van der Waals surface area (Å²) >= 11 is 10.9. The topological polar surface area (TPSA) is 104 Å². The summed E-state index contributed by atoms with van der Waals surface area (Å²) in [7, 11) is 0. The number of benzene rings is 2. The number of fused-ring (bicyclic) bond motifs is 1. The molecule has 0 saturated carbocycles. The molecular weight excluding hydrogens is 424 g/mol. The number of amides is 2. The number of carbonyl (C=O) groups excluding carboxylic acids is 3. The minimum atomic E-state index is -0.634. The van der Waals surface area contributed by atoms with Crippen molar-refractivity contribution in [3.63, 3.8) is 0 Å². The summed E-state index contributed by atoms with van der Waals surface area (Å²) in [6.07, 6.45) is 2.91. The third-order valence-electron chi connectivity index (χ3n) is 4.52. The number of nitrogens with zero attached hydrogens (tertiary/aromatic N) is 2. The first-order valence-corrected chi connectivity index (χ1v) is 9.40. The molecular formula is C21H11ClN4O3S. The fraction of sp³-hybridized carbons (Fsp3) is 0. The molecule has 9 heteroatoms. The van der Waals surface area contributed by atoms with E-state index in [1.54, 1.807) is 42.5 Å². The third-order valence-corrected chi connectivity index (χ3v) is 4.96. The van der Waals surface area contributed by atoms with Crippen molar-refractivity contribution in [2.75, 3.05) is 0 Å². The van der Waals surface area contributed by atoms with E-state index in [1.165, 1.54) is 16.8 Å². The number of halogens is 1. The van der Waals surface area contributed by atoms with E-state index in [1.807, 2.05) is 6.07 Å². The van der Waals surface area contributed by atoms with Crippen molar-refractivity contribution < 1.29 is 14.4 Å². The van der Waals surface area contributed by atoms with E-state index in [2.05, 4.69) is 10.6 Å². The predicted octanol–water partition coefficient (Wildman–Crippen LogP) is 2.77. The monoisotopic (exact) mass is 434 g/mol. The van der Waals surface area contributed by atoms with Gasteiger partial charge in [0.15, 0.2) is 5.11 Å². The lowest BCUT2D eigenvalue weighted by molar-refractivity contribution is -0.123. The maximum Gasteiger partial charge on any atom is 0.263 e. The molecule has 0 radical (unpaired) electrons. The number of hydrogen-bond acceptors (Lipinski definition) is 5. The quantitative estimate of drug-likeness (QED) is 0.366. The molecule has 1 aliphatic heterocycles. The SMILES string of the molecule is N#Cc1ccc(C(=O)n2cc(C=C3C(=O)NC(=S)NC3=O)c3cc(Cl)ccc32)cc1. The van der Waals surface area contributed by atoms with Crippen LogP contribution in [0.25, 0.3) is 17.0 Å². The van der Waals surface area contributed by atoms with Gasteiger partial charge in [-0.3, -0.25) is 29.6 Å². The molecule has 1 saturated heterocycles. The number of nitrogens with one attached hydrogen (secondary N) is 2. The maximum atomic E-state index is 13.1. The number of nitriles is 1. The molecule has 0 atom stereocenters. The summed E-state index contributed by atoms with van der Waals surface area (Å²) in [6.45, 7) is 0. The summed E-state index contributed by atoms with van der Waals surface area (Å²) in [5.74, 6) is -1.61. The maximum absolute atomic E-state index is 13.1. The normalized spacial score (nSPS) is 13.6. The molecule has 4 rings (SSSR count).